The van der Waals surface area contributed by atoms with Gasteiger partial charge in [-0.3, -0.25) is 4.68 Å². The second-order valence-corrected chi connectivity index (χ2v) is 9.05. The summed E-state index contributed by atoms with van der Waals surface area (Å²) in [5.74, 6) is 0.750. The zero-order chi connectivity index (χ0) is 16.5. The molecular formula is C19H35N3. The molecule has 1 aliphatic heterocycles. The lowest BCUT2D eigenvalue weighted by atomic mass is 9.88. The van der Waals surface area contributed by atoms with Crippen molar-refractivity contribution in [3.8, 4) is 0 Å². The minimum Gasteiger partial charge on any atom is -0.303 e. The quantitative estimate of drug-likeness (QED) is 0.831. The van der Waals surface area contributed by atoms with Crippen LogP contribution >= 0.6 is 0 Å². The lowest BCUT2D eigenvalue weighted by molar-refractivity contribution is 0.310. The standard InChI is InChI=1S/C19H35N3/c1-8-10-21-11-9-15(13-21)14-22-17(19(5,6)7)12-16(20-22)18(2,3)4/h12,15H,8-11,13-14H2,1-7H3. The maximum atomic E-state index is 4.98. The molecule has 1 unspecified atom stereocenters. The van der Waals surface area contributed by atoms with Gasteiger partial charge in [-0.25, -0.2) is 0 Å². The number of nitrogens with zero attached hydrogens (tertiary/aromatic N) is 3. The van der Waals surface area contributed by atoms with E-state index in [-0.39, 0.29) is 10.8 Å². The molecule has 3 nitrogen and oxygen atoms in total. The smallest absolute Gasteiger partial charge is 0.0681 e. The predicted molar refractivity (Wildman–Crippen MR) is 94.5 cm³/mol. The molecule has 1 saturated heterocycles. The molecule has 1 fully saturated rings. The minimum absolute atomic E-state index is 0.120. The van der Waals surface area contributed by atoms with Crippen LogP contribution < -0.4 is 0 Å². The number of hydrogen-bond acceptors (Lipinski definition) is 2. The maximum absolute atomic E-state index is 4.98. The summed E-state index contributed by atoms with van der Waals surface area (Å²) >= 11 is 0. The van der Waals surface area contributed by atoms with Crippen molar-refractivity contribution in [3.05, 3.63) is 17.5 Å². The van der Waals surface area contributed by atoms with Gasteiger partial charge >= 0.3 is 0 Å². The first-order chi connectivity index (χ1) is 10.1. The van der Waals surface area contributed by atoms with E-state index in [1.807, 2.05) is 0 Å². The van der Waals surface area contributed by atoms with E-state index in [0.29, 0.717) is 0 Å². The Labute approximate surface area is 137 Å². The summed E-state index contributed by atoms with van der Waals surface area (Å²) in [4.78, 5) is 2.61. The van der Waals surface area contributed by atoms with Crippen LogP contribution in [0.2, 0.25) is 0 Å². The van der Waals surface area contributed by atoms with E-state index in [2.05, 4.69) is 64.1 Å². The van der Waals surface area contributed by atoms with Gasteiger partial charge in [0, 0.05) is 29.6 Å². The largest absolute Gasteiger partial charge is 0.303 e. The first kappa shape index (κ1) is 17.5. The Kier molecular flexibility index (Phi) is 5.06. The molecule has 0 radical (unpaired) electrons. The summed E-state index contributed by atoms with van der Waals surface area (Å²) < 4.78 is 2.31. The summed E-state index contributed by atoms with van der Waals surface area (Å²) in [5, 5.41) is 4.98. The molecule has 126 valence electrons. The molecule has 0 spiro atoms. The summed E-state index contributed by atoms with van der Waals surface area (Å²) in [6, 6.07) is 2.33. The maximum Gasteiger partial charge on any atom is 0.0681 e. The lowest BCUT2D eigenvalue weighted by Crippen LogP contribution is -2.25. The molecule has 0 aromatic carbocycles. The molecule has 0 saturated carbocycles. The lowest BCUT2D eigenvalue weighted by Gasteiger charge is -2.22. The molecule has 0 aliphatic carbocycles. The second-order valence-electron chi connectivity index (χ2n) is 9.05. The van der Waals surface area contributed by atoms with Crippen molar-refractivity contribution in [2.24, 2.45) is 5.92 Å². The zero-order valence-electron chi connectivity index (χ0n) is 15.7. The summed E-state index contributed by atoms with van der Waals surface area (Å²) in [7, 11) is 0. The number of likely N-dealkylation sites (tertiary alicyclic amines) is 1. The van der Waals surface area contributed by atoms with Crippen LogP contribution in [-0.2, 0) is 17.4 Å². The van der Waals surface area contributed by atoms with E-state index < -0.39 is 0 Å². The Bertz CT molecular complexity index is 488. The third-order valence-electron chi connectivity index (χ3n) is 4.66. The molecule has 2 rings (SSSR count). The minimum atomic E-state index is 0.120. The molecule has 1 atom stereocenters. The molecule has 3 heteroatoms. The van der Waals surface area contributed by atoms with Crippen molar-refractivity contribution in [2.45, 2.75) is 78.7 Å². The summed E-state index contributed by atoms with van der Waals surface area (Å²) in [6.45, 7) is 20.7. The monoisotopic (exact) mass is 305 g/mol. The molecule has 22 heavy (non-hydrogen) atoms. The van der Waals surface area contributed by atoms with Gasteiger partial charge in [0.15, 0.2) is 0 Å². The number of aromatic nitrogens is 2. The highest BCUT2D eigenvalue weighted by Gasteiger charge is 2.28. The average molecular weight is 306 g/mol. The number of rotatable bonds is 4. The Balaban J connectivity index is 2.18. The molecule has 1 aromatic heterocycles. The Morgan fingerprint density at radius 1 is 1.14 bits per heavy atom. The van der Waals surface area contributed by atoms with Gasteiger partial charge in [0.2, 0.25) is 0 Å². The summed E-state index contributed by atoms with van der Waals surface area (Å²) in [5.41, 5.74) is 2.88. The van der Waals surface area contributed by atoms with Crippen molar-refractivity contribution in [2.75, 3.05) is 19.6 Å². The van der Waals surface area contributed by atoms with Gasteiger partial charge in [0.05, 0.1) is 5.69 Å². The van der Waals surface area contributed by atoms with Crippen LogP contribution in [0.5, 0.6) is 0 Å². The first-order valence-corrected chi connectivity index (χ1v) is 8.92. The highest BCUT2D eigenvalue weighted by atomic mass is 15.3. The molecule has 1 aromatic rings. The van der Waals surface area contributed by atoms with Gasteiger partial charge < -0.3 is 4.90 Å². The van der Waals surface area contributed by atoms with Gasteiger partial charge in [0.25, 0.3) is 0 Å². The summed E-state index contributed by atoms with van der Waals surface area (Å²) in [6.07, 6.45) is 2.57. The molecule has 1 aliphatic rings. The number of hydrogen-bond donors (Lipinski definition) is 0. The fourth-order valence-corrected chi connectivity index (χ4v) is 3.35. The van der Waals surface area contributed by atoms with E-state index in [0.717, 1.165) is 12.5 Å². The predicted octanol–water partition coefficient (Wildman–Crippen LogP) is 4.21. The fraction of sp³-hybridized carbons (Fsp3) is 0.842. The molecule has 2 heterocycles. The van der Waals surface area contributed by atoms with E-state index in [1.54, 1.807) is 0 Å². The molecule has 0 N–H and O–H groups in total. The van der Waals surface area contributed by atoms with Crippen molar-refractivity contribution in [1.29, 1.82) is 0 Å². The molecule has 0 amide bonds. The van der Waals surface area contributed by atoms with Gasteiger partial charge in [-0.05, 0) is 37.9 Å². The van der Waals surface area contributed by atoms with E-state index >= 15 is 0 Å². The van der Waals surface area contributed by atoms with Crippen molar-refractivity contribution < 1.29 is 0 Å². The van der Waals surface area contributed by atoms with Gasteiger partial charge in [-0.15, -0.1) is 0 Å². The highest BCUT2D eigenvalue weighted by molar-refractivity contribution is 5.22. The highest BCUT2D eigenvalue weighted by Crippen LogP contribution is 2.30. The SMILES string of the molecule is CCCN1CCC(Cn2nc(C(C)(C)C)cc2C(C)(C)C)C1. The van der Waals surface area contributed by atoms with Crippen molar-refractivity contribution in [1.82, 2.24) is 14.7 Å². The zero-order valence-corrected chi connectivity index (χ0v) is 15.7. The van der Waals surface area contributed by atoms with Crippen LogP contribution in [0.1, 0.15) is 72.7 Å². The van der Waals surface area contributed by atoms with E-state index in [4.69, 9.17) is 5.10 Å². The normalized spacial score (nSPS) is 20.8. The average Bonchev–Trinajstić information content (AvgIpc) is 2.96. The van der Waals surface area contributed by atoms with Gasteiger partial charge in [-0.1, -0.05) is 48.5 Å². The van der Waals surface area contributed by atoms with Crippen LogP contribution in [0, 0.1) is 5.92 Å². The van der Waals surface area contributed by atoms with E-state index in [1.165, 1.54) is 43.9 Å². The Morgan fingerprint density at radius 3 is 2.36 bits per heavy atom. The van der Waals surface area contributed by atoms with Crippen LogP contribution in [-0.4, -0.2) is 34.3 Å². The van der Waals surface area contributed by atoms with Crippen molar-refractivity contribution in [3.63, 3.8) is 0 Å². The van der Waals surface area contributed by atoms with Crippen LogP contribution in [0.25, 0.3) is 0 Å². The second kappa shape index (κ2) is 6.35. The Morgan fingerprint density at radius 2 is 1.82 bits per heavy atom. The van der Waals surface area contributed by atoms with Crippen LogP contribution in [0.15, 0.2) is 6.07 Å². The topological polar surface area (TPSA) is 21.1 Å². The van der Waals surface area contributed by atoms with Gasteiger partial charge in [-0.2, -0.15) is 5.10 Å². The van der Waals surface area contributed by atoms with Crippen LogP contribution in [0.4, 0.5) is 0 Å². The van der Waals surface area contributed by atoms with Gasteiger partial charge in [0.1, 0.15) is 0 Å². The molecule has 0 bridgehead atoms. The van der Waals surface area contributed by atoms with E-state index in [9.17, 15) is 0 Å². The third kappa shape index (κ3) is 4.13. The molecular weight excluding hydrogens is 270 g/mol. The van der Waals surface area contributed by atoms with Crippen LogP contribution in [0.3, 0.4) is 0 Å². The first-order valence-electron chi connectivity index (χ1n) is 8.92. The van der Waals surface area contributed by atoms with Crippen molar-refractivity contribution >= 4 is 0 Å². The Hall–Kier alpha value is -0.830. The third-order valence-corrected chi connectivity index (χ3v) is 4.66. The fourth-order valence-electron chi connectivity index (χ4n) is 3.35.